The predicted molar refractivity (Wildman–Crippen MR) is 99.0 cm³/mol. The van der Waals surface area contributed by atoms with Crippen LogP contribution in [0.1, 0.15) is 31.0 Å². The molecule has 8 nitrogen and oxygen atoms in total. The zero-order chi connectivity index (χ0) is 18.7. The Morgan fingerprint density at radius 1 is 1.31 bits per heavy atom. The zero-order valence-electron chi connectivity index (χ0n) is 15.5. The van der Waals surface area contributed by atoms with Crippen LogP contribution < -0.4 is 5.32 Å². The smallest absolute Gasteiger partial charge is 0.243 e. The maximum Gasteiger partial charge on any atom is 0.243 e. The number of aromatic nitrogens is 4. The van der Waals surface area contributed by atoms with Gasteiger partial charge in [-0.3, -0.25) is 9.88 Å². The molecule has 1 aliphatic heterocycles. The molecule has 2 aromatic heterocycles. The number of hydrogen-bond acceptors (Lipinski definition) is 8. The number of aliphatic hydroxyl groups is 1. The second kappa shape index (κ2) is 7.92. The summed E-state index contributed by atoms with van der Waals surface area (Å²) in [5, 5.41) is 31.2. The molecule has 0 spiro atoms. The monoisotopic (exact) mass is 358 g/mol. The van der Waals surface area contributed by atoms with Gasteiger partial charge in [-0.15, -0.1) is 10.2 Å². The van der Waals surface area contributed by atoms with E-state index in [9.17, 15) is 10.2 Å². The van der Waals surface area contributed by atoms with Crippen molar-refractivity contribution < 1.29 is 10.2 Å². The Morgan fingerprint density at radius 2 is 2.12 bits per heavy atom. The molecule has 0 radical (unpaired) electrons. The van der Waals surface area contributed by atoms with E-state index in [4.69, 9.17) is 0 Å². The van der Waals surface area contributed by atoms with Gasteiger partial charge in [0.2, 0.25) is 5.95 Å². The first-order valence-corrected chi connectivity index (χ1v) is 8.96. The van der Waals surface area contributed by atoms with Gasteiger partial charge in [0.1, 0.15) is 17.1 Å². The van der Waals surface area contributed by atoms with E-state index in [0.29, 0.717) is 23.0 Å². The fourth-order valence-electron chi connectivity index (χ4n) is 3.24. The van der Waals surface area contributed by atoms with Crippen LogP contribution in [0, 0.1) is 13.8 Å². The van der Waals surface area contributed by atoms with Crippen LogP contribution in [-0.2, 0) is 0 Å². The van der Waals surface area contributed by atoms with Crippen LogP contribution in [0.4, 0.5) is 5.95 Å². The van der Waals surface area contributed by atoms with Gasteiger partial charge in [0.15, 0.2) is 0 Å². The van der Waals surface area contributed by atoms with Crippen molar-refractivity contribution in [2.45, 2.75) is 45.7 Å². The molecule has 0 amide bonds. The van der Waals surface area contributed by atoms with E-state index < -0.39 is 0 Å². The van der Waals surface area contributed by atoms with Gasteiger partial charge in [-0.2, -0.15) is 0 Å². The molecular formula is C18H26N6O2. The molecule has 0 aromatic carbocycles. The number of aromatic hydroxyl groups is 1. The van der Waals surface area contributed by atoms with Crippen LogP contribution in [0.25, 0.3) is 11.4 Å². The first-order chi connectivity index (χ1) is 12.5. The number of piperidine rings is 1. The topological polar surface area (TPSA) is 107 Å². The third-order valence-electron chi connectivity index (χ3n) is 4.76. The fourth-order valence-corrected chi connectivity index (χ4v) is 3.24. The number of pyridine rings is 1. The molecule has 1 aliphatic rings. The highest BCUT2D eigenvalue weighted by Gasteiger charge is 2.24. The summed E-state index contributed by atoms with van der Waals surface area (Å²) in [5.74, 6) is 0.548. The SMILES string of the molecule is Cc1cnc(-c2nnc(NC3CCCN(C(C)CO)C3)nc2C)c(O)c1. The third kappa shape index (κ3) is 4.08. The van der Waals surface area contributed by atoms with Crippen LogP contribution in [0.2, 0.25) is 0 Å². The average Bonchev–Trinajstić information content (AvgIpc) is 2.62. The second-order valence-electron chi connectivity index (χ2n) is 6.96. The summed E-state index contributed by atoms with van der Waals surface area (Å²) < 4.78 is 0. The minimum atomic E-state index is 0.0748. The van der Waals surface area contributed by atoms with Crippen molar-refractivity contribution in [1.29, 1.82) is 0 Å². The van der Waals surface area contributed by atoms with Gasteiger partial charge in [-0.25, -0.2) is 4.98 Å². The van der Waals surface area contributed by atoms with E-state index in [-0.39, 0.29) is 24.4 Å². The molecular weight excluding hydrogens is 332 g/mol. The van der Waals surface area contributed by atoms with E-state index in [1.165, 1.54) is 0 Å². The highest BCUT2D eigenvalue weighted by atomic mass is 16.3. The highest BCUT2D eigenvalue weighted by Crippen LogP contribution is 2.27. The van der Waals surface area contributed by atoms with Gasteiger partial charge in [-0.05, 0) is 51.8 Å². The summed E-state index contributed by atoms with van der Waals surface area (Å²) >= 11 is 0. The second-order valence-corrected chi connectivity index (χ2v) is 6.96. The predicted octanol–water partition coefficient (Wildman–Crippen LogP) is 1.51. The van der Waals surface area contributed by atoms with E-state index in [1.54, 1.807) is 12.3 Å². The van der Waals surface area contributed by atoms with E-state index >= 15 is 0 Å². The minimum absolute atomic E-state index is 0.0748. The lowest BCUT2D eigenvalue weighted by Crippen LogP contribution is -2.47. The molecule has 3 N–H and O–H groups in total. The molecule has 2 aromatic rings. The normalized spacial score (nSPS) is 19.3. The molecule has 140 valence electrons. The highest BCUT2D eigenvalue weighted by molar-refractivity contribution is 5.64. The molecule has 2 unspecified atom stereocenters. The Morgan fingerprint density at radius 3 is 2.81 bits per heavy atom. The number of nitrogens with zero attached hydrogens (tertiary/aromatic N) is 5. The Balaban J connectivity index is 1.73. The lowest BCUT2D eigenvalue weighted by atomic mass is 10.0. The van der Waals surface area contributed by atoms with Gasteiger partial charge < -0.3 is 15.5 Å². The van der Waals surface area contributed by atoms with Gasteiger partial charge in [-0.1, -0.05) is 0 Å². The van der Waals surface area contributed by atoms with E-state index in [0.717, 1.165) is 31.5 Å². The minimum Gasteiger partial charge on any atom is -0.506 e. The summed E-state index contributed by atoms with van der Waals surface area (Å²) in [6, 6.07) is 2.02. The molecule has 1 saturated heterocycles. The molecule has 0 bridgehead atoms. The first kappa shape index (κ1) is 18.5. The van der Waals surface area contributed by atoms with Crippen molar-refractivity contribution in [2.75, 3.05) is 25.0 Å². The van der Waals surface area contributed by atoms with Gasteiger partial charge >= 0.3 is 0 Å². The average molecular weight is 358 g/mol. The maximum atomic E-state index is 10.1. The summed E-state index contributed by atoms with van der Waals surface area (Å²) in [5.41, 5.74) is 2.40. The summed E-state index contributed by atoms with van der Waals surface area (Å²) in [6.07, 6.45) is 3.77. The van der Waals surface area contributed by atoms with E-state index in [1.807, 2.05) is 20.8 Å². The number of nitrogens with one attached hydrogen (secondary N) is 1. The standard InChI is InChI=1S/C18H26N6O2/c1-11-7-15(26)17(19-8-11)16-13(3)20-18(23-22-16)21-14-5-4-6-24(9-14)12(2)10-25/h7-8,12,14,25-26H,4-6,9-10H2,1-3H3,(H,20,21,23). The van der Waals surface area contributed by atoms with Crippen molar-refractivity contribution in [3.63, 3.8) is 0 Å². The van der Waals surface area contributed by atoms with Crippen molar-refractivity contribution in [1.82, 2.24) is 25.1 Å². The van der Waals surface area contributed by atoms with Crippen LogP contribution >= 0.6 is 0 Å². The number of rotatable bonds is 5. The van der Waals surface area contributed by atoms with E-state index in [2.05, 4.69) is 30.4 Å². The van der Waals surface area contributed by atoms with Gasteiger partial charge in [0.25, 0.3) is 0 Å². The van der Waals surface area contributed by atoms with Crippen LogP contribution in [0.15, 0.2) is 12.3 Å². The number of hydrogen-bond donors (Lipinski definition) is 3. The van der Waals surface area contributed by atoms with Crippen molar-refractivity contribution >= 4 is 5.95 Å². The molecule has 26 heavy (non-hydrogen) atoms. The summed E-state index contributed by atoms with van der Waals surface area (Å²) in [6.45, 7) is 7.72. The Labute approximate surface area is 153 Å². The molecule has 0 saturated carbocycles. The molecule has 1 fully saturated rings. The molecule has 8 heteroatoms. The third-order valence-corrected chi connectivity index (χ3v) is 4.76. The summed E-state index contributed by atoms with van der Waals surface area (Å²) in [4.78, 5) is 11.0. The molecule has 3 rings (SSSR count). The number of aliphatic hydroxyl groups excluding tert-OH is 1. The number of anilines is 1. The van der Waals surface area contributed by atoms with Crippen molar-refractivity contribution in [3.05, 3.63) is 23.5 Å². The summed E-state index contributed by atoms with van der Waals surface area (Å²) in [7, 11) is 0. The quantitative estimate of drug-likeness (QED) is 0.738. The van der Waals surface area contributed by atoms with Crippen LogP contribution in [-0.4, -0.2) is 67.1 Å². The lowest BCUT2D eigenvalue weighted by molar-refractivity contribution is 0.110. The maximum absolute atomic E-state index is 10.1. The van der Waals surface area contributed by atoms with Gasteiger partial charge in [0.05, 0.1) is 12.3 Å². The molecule has 3 heterocycles. The van der Waals surface area contributed by atoms with Crippen molar-refractivity contribution in [2.24, 2.45) is 0 Å². The number of aryl methyl sites for hydroxylation is 2. The lowest BCUT2D eigenvalue weighted by Gasteiger charge is -2.36. The zero-order valence-corrected chi connectivity index (χ0v) is 15.5. The Bertz CT molecular complexity index is 769. The molecule has 0 aliphatic carbocycles. The number of likely N-dealkylation sites (tertiary alicyclic amines) is 1. The fraction of sp³-hybridized carbons (Fsp3) is 0.556. The first-order valence-electron chi connectivity index (χ1n) is 8.96. The Kier molecular flexibility index (Phi) is 5.63. The largest absolute Gasteiger partial charge is 0.506 e. The van der Waals surface area contributed by atoms with Crippen LogP contribution in [0.3, 0.4) is 0 Å². The van der Waals surface area contributed by atoms with Gasteiger partial charge in [0, 0.05) is 24.8 Å². The van der Waals surface area contributed by atoms with Crippen LogP contribution in [0.5, 0.6) is 5.75 Å². The Hall–Kier alpha value is -2.32. The van der Waals surface area contributed by atoms with Crippen molar-refractivity contribution in [3.8, 4) is 17.1 Å². The molecule has 2 atom stereocenters.